The van der Waals surface area contributed by atoms with Crippen molar-refractivity contribution in [2.45, 2.75) is 0 Å². The van der Waals surface area contributed by atoms with Gasteiger partial charge >= 0.3 is 5.97 Å². The van der Waals surface area contributed by atoms with Gasteiger partial charge in [-0.15, -0.1) is 0 Å². The standard InChI is InChI=1S/C5H6ClNO2S/c6-2-1-3(4(7)10)5(8)9/h1-3H,(H2,7,10)(H,8,9). The molecule has 0 saturated carbocycles. The Morgan fingerprint density at radius 2 is 2.30 bits per heavy atom. The van der Waals surface area contributed by atoms with E-state index in [2.05, 4.69) is 12.2 Å². The molecule has 0 aromatic heterocycles. The highest BCUT2D eigenvalue weighted by molar-refractivity contribution is 7.80. The highest BCUT2D eigenvalue weighted by atomic mass is 35.5. The minimum Gasteiger partial charge on any atom is -0.480 e. The summed E-state index contributed by atoms with van der Waals surface area (Å²) in [6.45, 7) is 0. The van der Waals surface area contributed by atoms with Crippen LogP contribution in [0.5, 0.6) is 0 Å². The van der Waals surface area contributed by atoms with Crippen LogP contribution in [0.25, 0.3) is 0 Å². The van der Waals surface area contributed by atoms with Gasteiger partial charge < -0.3 is 10.8 Å². The van der Waals surface area contributed by atoms with Crippen molar-refractivity contribution in [2.24, 2.45) is 11.7 Å². The molecule has 3 nitrogen and oxygen atoms in total. The summed E-state index contributed by atoms with van der Waals surface area (Å²) in [5.74, 6) is -2.04. The summed E-state index contributed by atoms with van der Waals surface area (Å²) >= 11 is 9.57. The van der Waals surface area contributed by atoms with Crippen LogP contribution < -0.4 is 5.73 Å². The van der Waals surface area contributed by atoms with Crippen LogP contribution in [0.2, 0.25) is 0 Å². The minimum atomic E-state index is -1.09. The third-order valence-electron chi connectivity index (χ3n) is 0.838. The summed E-state index contributed by atoms with van der Waals surface area (Å²) in [4.78, 5) is 10.2. The van der Waals surface area contributed by atoms with Crippen LogP contribution in [-0.4, -0.2) is 16.1 Å². The molecule has 0 spiro atoms. The summed E-state index contributed by atoms with van der Waals surface area (Å²) in [5.41, 5.74) is 6.15. The summed E-state index contributed by atoms with van der Waals surface area (Å²) < 4.78 is 0. The summed E-state index contributed by atoms with van der Waals surface area (Å²) in [6, 6.07) is 0. The zero-order valence-corrected chi connectivity index (χ0v) is 6.52. The number of carboxylic acid groups (broad SMARTS) is 1. The molecule has 0 fully saturated rings. The van der Waals surface area contributed by atoms with E-state index in [9.17, 15) is 4.79 Å². The van der Waals surface area contributed by atoms with Crippen molar-refractivity contribution in [3.05, 3.63) is 11.6 Å². The molecule has 0 aliphatic carbocycles. The van der Waals surface area contributed by atoms with Gasteiger partial charge in [0.15, 0.2) is 0 Å². The molecule has 56 valence electrons. The lowest BCUT2D eigenvalue weighted by molar-refractivity contribution is -0.138. The lowest BCUT2D eigenvalue weighted by Crippen LogP contribution is -2.26. The number of halogens is 1. The first-order valence-corrected chi connectivity index (χ1v) is 3.23. The van der Waals surface area contributed by atoms with E-state index >= 15 is 0 Å². The number of nitrogens with two attached hydrogens (primary N) is 1. The molecule has 0 bridgehead atoms. The SMILES string of the molecule is NC(=S)C(C=CCl)C(=O)O. The second-order valence-electron chi connectivity index (χ2n) is 1.54. The van der Waals surface area contributed by atoms with Crippen LogP contribution in [-0.2, 0) is 4.79 Å². The van der Waals surface area contributed by atoms with Crippen LogP contribution >= 0.6 is 23.8 Å². The molecule has 0 aliphatic rings. The minimum absolute atomic E-state index is 0.0931. The van der Waals surface area contributed by atoms with E-state index in [1.54, 1.807) is 0 Å². The molecule has 0 amide bonds. The monoisotopic (exact) mass is 179 g/mol. The number of hydrogen-bond donors (Lipinski definition) is 2. The summed E-state index contributed by atoms with van der Waals surface area (Å²) in [6.07, 6.45) is 1.21. The van der Waals surface area contributed by atoms with E-state index < -0.39 is 11.9 Å². The van der Waals surface area contributed by atoms with E-state index in [0.29, 0.717) is 0 Å². The maximum absolute atomic E-state index is 10.3. The molecular weight excluding hydrogens is 174 g/mol. The Labute approximate surface area is 68.5 Å². The maximum Gasteiger partial charge on any atom is 0.317 e. The molecule has 0 saturated heterocycles. The van der Waals surface area contributed by atoms with Gasteiger partial charge in [-0.25, -0.2) is 0 Å². The molecule has 0 aliphatic heterocycles. The van der Waals surface area contributed by atoms with Crippen LogP contribution in [0.3, 0.4) is 0 Å². The molecule has 0 rings (SSSR count). The van der Waals surface area contributed by atoms with Gasteiger partial charge in [-0.05, 0) is 0 Å². The Bertz CT molecular complexity index is 166. The van der Waals surface area contributed by atoms with Crippen molar-refractivity contribution in [2.75, 3.05) is 0 Å². The van der Waals surface area contributed by atoms with Gasteiger partial charge in [0.1, 0.15) is 5.92 Å². The molecule has 0 aromatic carbocycles. The Morgan fingerprint density at radius 1 is 1.80 bits per heavy atom. The Balaban J connectivity index is 4.27. The zero-order chi connectivity index (χ0) is 8.15. The van der Waals surface area contributed by atoms with Gasteiger partial charge in [-0.2, -0.15) is 0 Å². The quantitative estimate of drug-likeness (QED) is 0.627. The van der Waals surface area contributed by atoms with Crippen molar-refractivity contribution in [3.8, 4) is 0 Å². The van der Waals surface area contributed by atoms with Gasteiger partial charge in [0.05, 0.1) is 4.99 Å². The number of carbonyl (C=O) groups is 1. The van der Waals surface area contributed by atoms with Gasteiger partial charge in [0.2, 0.25) is 0 Å². The van der Waals surface area contributed by atoms with Crippen molar-refractivity contribution < 1.29 is 9.90 Å². The van der Waals surface area contributed by atoms with E-state index in [0.717, 1.165) is 5.54 Å². The van der Waals surface area contributed by atoms with Crippen LogP contribution in [0, 0.1) is 5.92 Å². The first-order chi connectivity index (χ1) is 4.59. The number of rotatable bonds is 3. The molecular formula is C5H6ClNO2S. The predicted octanol–water partition coefficient (Wildman–Crippen LogP) is 0.726. The molecule has 5 heteroatoms. The summed E-state index contributed by atoms with van der Waals surface area (Å²) in [5, 5.41) is 8.40. The molecule has 10 heavy (non-hydrogen) atoms. The van der Waals surface area contributed by atoms with Crippen LogP contribution in [0.15, 0.2) is 11.6 Å². The van der Waals surface area contributed by atoms with E-state index in [1.807, 2.05) is 0 Å². The number of carboxylic acids is 1. The average Bonchev–Trinajstić information content (AvgIpc) is 1.81. The third kappa shape index (κ3) is 2.80. The zero-order valence-electron chi connectivity index (χ0n) is 4.95. The third-order valence-corrected chi connectivity index (χ3v) is 1.24. The molecule has 1 atom stereocenters. The lowest BCUT2D eigenvalue weighted by Gasteiger charge is -2.01. The second-order valence-corrected chi connectivity index (χ2v) is 2.26. The Kier molecular flexibility index (Phi) is 3.99. The Morgan fingerprint density at radius 3 is 2.40 bits per heavy atom. The van der Waals surface area contributed by atoms with E-state index in [1.165, 1.54) is 6.08 Å². The van der Waals surface area contributed by atoms with Crippen molar-refractivity contribution >= 4 is 34.8 Å². The first kappa shape index (κ1) is 9.39. The van der Waals surface area contributed by atoms with Gasteiger partial charge in [0, 0.05) is 5.54 Å². The maximum atomic E-state index is 10.3. The van der Waals surface area contributed by atoms with Crippen LogP contribution in [0.1, 0.15) is 0 Å². The van der Waals surface area contributed by atoms with Crippen LogP contribution in [0.4, 0.5) is 0 Å². The van der Waals surface area contributed by atoms with Gasteiger partial charge in [-0.1, -0.05) is 29.9 Å². The molecule has 0 heterocycles. The lowest BCUT2D eigenvalue weighted by atomic mass is 10.1. The molecule has 1 unspecified atom stereocenters. The number of aliphatic carboxylic acids is 1. The highest BCUT2D eigenvalue weighted by Gasteiger charge is 2.15. The average molecular weight is 180 g/mol. The molecule has 0 aromatic rings. The number of thiocarbonyl (C=S) groups is 1. The fourth-order valence-electron chi connectivity index (χ4n) is 0.372. The van der Waals surface area contributed by atoms with Crippen molar-refractivity contribution in [3.63, 3.8) is 0 Å². The van der Waals surface area contributed by atoms with Gasteiger partial charge in [0.25, 0.3) is 0 Å². The highest BCUT2D eigenvalue weighted by Crippen LogP contribution is 2.00. The number of hydrogen-bond acceptors (Lipinski definition) is 2. The smallest absolute Gasteiger partial charge is 0.317 e. The van der Waals surface area contributed by atoms with Crippen molar-refractivity contribution in [1.82, 2.24) is 0 Å². The fourth-order valence-corrected chi connectivity index (χ4v) is 0.696. The fraction of sp³-hybridized carbons (Fsp3) is 0.200. The van der Waals surface area contributed by atoms with E-state index in [-0.39, 0.29) is 4.99 Å². The topological polar surface area (TPSA) is 63.3 Å². The largest absolute Gasteiger partial charge is 0.480 e. The molecule has 3 N–H and O–H groups in total. The molecule has 0 radical (unpaired) electrons. The van der Waals surface area contributed by atoms with Gasteiger partial charge in [-0.3, -0.25) is 4.79 Å². The first-order valence-electron chi connectivity index (χ1n) is 2.38. The van der Waals surface area contributed by atoms with Crippen molar-refractivity contribution in [1.29, 1.82) is 0 Å². The normalized spacial score (nSPS) is 13.3. The second kappa shape index (κ2) is 4.24. The Hall–Kier alpha value is -0.610. The predicted molar refractivity (Wildman–Crippen MR) is 42.9 cm³/mol. The van der Waals surface area contributed by atoms with E-state index in [4.69, 9.17) is 22.4 Å². The summed E-state index contributed by atoms with van der Waals surface area (Å²) in [7, 11) is 0.